The molecular formula is C15H20BrN3O2. The molecule has 0 fully saturated rings. The van der Waals surface area contributed by atoms with Crippen LogP contribution in [0.3, 0.4) is 0 Å². The molecular weight excluding hydrogens is 334 g/mol. The fraction of sp³-hybridized carbons (Fsp3) is 0.400. The van der Waals surface area contributed by atoms with Crippen LogP contribution in [0.15, 0.2) is 41.0 Å². The molecule has 1 atom stereocenters. The van der Waals surface area contributed by atoms with Crippen LogP contribution in [-0.2, 0) is 11.3 Å². The summed E-state index contributed by atoms with van der Waals surface area (Å²) in [6.07, 6.45) is 2.48. The van der Waals surface area contributed by atoms with E-state index < -0.39 is 0 Å². The van der Waals surface area contributed by atoms with Gasteiger partial charge in [0.05, 0.1) is 42.2 Å². The maximum Gasteiger partial charge on any atom is 0.119 e. The molecule has 0 saturated heterocycles. The molecule has 0 bridgehead atoms. The molecule has 1 aromatic carbocycles. The number of halogens is 1. The molecule has 0 saturated carbocycles. The Balaban J connectivity index is 1.90. The number of aromatic nitrogens is 2. The molecule has 0 radical (unpaired) electrons. The molecule has 2 aromatic rings. The number of para-hydroxylation sites is 1. The summed E-state index contributed by atoms with van der Waals surface area (Å²) in [7, 11) is 1.67. The quantitative estimate of drug-likeness (QED) is 0.792. The fourth-order valence-corrected chi connectivity index (χ4v) is 2.64. The van der Waals surface area contributed by atoms with E-state index in [0.717, 1.165) is 15.9 Å². The third-order valence-corrected chi connectivity index (χ3v) is 3.74. The Morgan fingerprint density at radius 2 is 2.05 bits per heavy atom. The van der Waals surface area contributed by atoms with Crippen molar-refractivity contribution in [2.45, 2.75) is 19.0 Å². The highest BCUT2D eigenvalue weighted by Gasteiger charge is 2.16. The summed E-state index contributed by atoms with van der Waals surface area (Å²) < 4.78 is 13.6. The summed E-state index contributed by atoms with van der Waals surface area (Å²) in [5.74, 6) is 0.858. The van der Waals surface area contributed by atoms with Crippen LogP contribution in [0.5, 0.6) is 5.75 Å². The maximum atomic E-state index is 6.27. The van der Waals surface area contributed by atoms with Crippen molar-refractivity contribution in [2.24, 2.45) is 5.73 Å². The third-order valence-electron chi connectivity index (χ3n) is 3.13. The van der Waals surface area contributed by atoms with Gasteiger partial charge in [0, 0.05) is 13.5 Å². The van der Waals surface area contributed by atoms with Crippen LogP contribution in [0.1, 0.15) is 18.2 Å². The van der Waals surface area contributed by atoms with E-state index >= 15 is 0 Å². The van der Waals surface area contributed by atoms with Crippen molar-refractivity contribution in [2.75, 3.05) is 20.3 Å². The summed E-state index contributed by atoms with van der Waals surface area (Å²) in [6.45, 7) is 1.85. The summed E-state index contributed by atoms with van der Waals surface area (Å²) in [6, 6.07) is 9.60. The van der Waals surface area contributed by atoms with Gasteiger partial charge in [-0.1, -0.05) is 18.2 Å². The van der Waals surface area contributed by atoms with Gasteiger partial charge in [-0.25, -0.2) is 0 Å². The van der Waals surface area contributed by atoms with Gasteiger partial charge in [-0.3, -0.25) is 4.68 Å². The molecule has 0 aliphatic rings. The number of nitrogens with two attached hydrogens (primary N) is 1. The number of ether oxygens (including phenoxy) is 2. The second-order valence-electron chi connectivity index (χ2n) is 4.65. The number of nitrogens with zero attached hydrogens (tertiary/aromatic N) is 2. The van der Waals surface area contributed by atoms with Gasteiger partial charge < -0.3 is 15.2 Å². The van der Waals surface area contributed by atoms with E-state index in [1.165, 1.54) is 0 Å². The van der Waals surface area contributed by atoms with Gasteiger partial charge >= 0.3 is 0 Å². The zero-order valence-corrected chi connectivity index (χ0v) is 13.6. The van der Waals surface area contributed by atoms with E-state index in [4.69, 9.17) is 15.2 Å². The first-order chi connectivity index (χ1) is 10.2. The molecule has 114 valence electrons. The summed E-state index contributed by atoms with van der Waals surface area (Å²) >= 11 is 3.50. The lowest BCUT2D eigenvalue weighted by molar-refractivity contribution is 0.181. The van der Waals surface area contributed by atoms with E-state index in [2.05, 4.69) is 21.0 Å². The highest BCUT2D eigenvalue weighted by molar-refractivity contribution is 9.10. The van der Waals surface area contributed by atoms with Crippen molar-refractivity contribution in [1.29, 1.82) is 0 Å². The van der Waals surface area contributed by atoms with E-state index in [1.807, 2.05) is 35.0 Å². The smallest absolute Gasteiger partial charge is 0.119 e. The van der Waals surface area contributed by atoms with Crippen LogP contribution >= 0.6 is 15.9 Å². The second-order valence-corrected chi connectivity index (χ2v) is 5.50. The number of rotatable bonds is 8. The lowest BCUT2D eigenvalue weighted by atomic mass is 10.1. The van der Waals surface area contributed by atoms with Gasteiger partial charge in [-0.2, -0.15) is 5.10 Å². The Morgan fingerprint density at radius 1 is 1.29 bits per heavy atom. The SMILES string of the molecule is COCCn1ncc(Br)c1C(N)CCOc1ccccc1. The van der Waals surface area contributed by atoms with Crippen LogP contribution in [0.25, 0.3) is 0 Å². The Kier molecular flexibility index (Phi) is 6.22. The predicted molar refractivity (Wildman–Crippen MR) is 85.3 cm³/mol. The molecule has 21 heavy (non-hydrogen) atoms. The van der Waals surface area contributed by atoms with Gasteiger partial charge in [0.1, 0.15) is 5.75 Å². The topological polar surface area (TPSA) is 62.3 Å². The van der Waals surface area contributed by atoms with Crippen molar-refractivity contribution in [3.8, 4) is 5.75 Å². The highest BCUT2D eigenvalue weighted by Crippen LogP contribution is 2.24. The Morgan fingerprint density at radius 3 is 2.76 bits per heavy atom. The third kappa shape index (κ3) is 4.56. The molecule has 0 spiro atoms. The van der Waals surface area contributed by atoms with E-state index in [1.54, 1.807) is 13.3 Å². The largest absolute Gasteiger partial charge is 0.494 e. The van der Waals surface area contributed by atoms with Crippen LogP contribution in [0, 0.1) is 0 Å². The molecule has 5 nitrogen and oxygen atoms in total. The van der Waals surface area contributed by atoms with E-state index in [0.29, 0.717) is 26.2 Å². The minimum atomic E-state index is -0.137. The molecule has 2 rings (SSSR count). The monoisotopic (exact) mass is 353 g/mol. The first kappa shape index (κ1) is 16.0. The molecule has 0 aliphatic heterocycles. The molecule has 0 amide bonds. The summed E-state index contributed by atoms with van der Waals surface area (Å²) in [4.78, 5) is 0. The number of hydrogen-bond donors (Lipinski definition) is 1. The zero-order chi connectivity index (χ0) is 15.1. The Hall–Kier alpha value is -1.37. The maximum absolute atomic E-state index is 6.27. The molecule has 0 aliphatic carbocycles. The van der Waals surface area contributed by atoms with Gasteiger partial charge in [-0.15, -0.1) is 0 Å². The van der Waals surface area contributed by atoms with Crippen LogP contribution in [-0.4, -0.2) is 30.1 Å². The standard InChI is InChI=1S/C15H20BrN3O2/c1-20-10-8-19-15(13(16)11-18-19)14(17)7-9-21-12-5-3-2-4-6-12/h2-6,11,14H,7-10,17H2,1H3. The minimum absolute atomic E-state index is 0.137. The van der Waals surface area contributed by atoms with Crippen LogP contribution in [0.2, 0.25) is 0 Å². The molecule has 1 unspecified atom stereocenters. The van der Waals surface area contributed by atoms with Gasteiger partial charge in [0.15, 0.2) is 0 Å². The second kappa shape index (κ2) is 8.17. The van der Waals surface area contributed by atoms with Crippen molar-refractivity contribution in [3.05, 3.63) is 46.7 Å². The lowest BCUT2D eigenvalue weighted by Gasteiger charge is -2.15. The van der Waals surface area contributed by atoms with Crippen molar-refractivity contribution in [1.82, 2.24) is 9.78 Å². The van der Waals surface area contributed by atoms with Crippen molar-refractivity contribution >= 4 is 15.9 Å². The molecule has 1 aromatic heterocycles. The first-order valence-corrected chi connectivity index (χ1v) is 7.65. The number of methoxy groups -OCH3 is 1. The van der Waals surface area contributed by atoms with Gasteiger partial charge in [0.25, 0.3) is 0 Å². The summed E-state index contributed by atoms with van der Waals surface area (Å²) in [5.41, 5.74) is 7.24. The average molecular weight is 354 g/mol. The fourth-order valence-electron chi connectivity index (χ4n) is 2.05. The zero-order valence-electron chi connectivity index (χ0n) is 12.0. The van der Waals surface area contributed by atoms with E-state index in [-0.39, 0.29) is 6.04 Å². The van der Waals surface area contributed by atoms with Crippen molar-refractivity contribution < 1.29 is 9.47 Å². The lowest BCUT2D eigenvalue weighted by Crippen LogP contribution is -2.20. The van der Waals surface area contributed by atoms with Crippen LogP contribution < -0.4 is 10.5 Å². The highest BCUT2D eigenvalue weighted by atomic mass is 79.9. The Labute approximate surface area is 133 Å². The average Bonchev–Trinajstić information content (AvgIpc) is 2.87. The minimum Gasteiger partial charge on any atom is -0.494 e. The Bertz CT molecular complexity index is 545. The molecule has 2 N–H and O–H groups in total. The normalized spacial score (nSPS) is 12.3. The summed E-state index contributed by atoms with van der Waals surface area (Å²) in [5, 5.41) is 4.31. The first-order valence-electron chi connectivity index (χ1n) is 6.86. The molecule has 1 heterocycles. The number of hydrogen-bond acceptors (Lipinski definition) is 4. The van der Waals surface area contributed by atoms with Gasteiger partial charge in [0.2, 0.25) is 0 Å². The van der Waals surface area contributed by atoms with E-state index in [9.17, 15) is 0 Å². The molecule has 6 heteroatoms. The number of benzene rings is 1. The van der Waals surface area contributed by atoms with Crippen LogP contribution in [0.4, 0.5) is 0 Å². The van der Waals surface area contributed by atoms with Gasteiger partial charge in [-0.05, 0) is 28.1 Å². The van der Waals surface area contributed by atoms with Crippen molar-refractivity contribution in [3.63, 3.8) is 0 Å². The predicted octanol–water partition coefficient (Wildman–Crippen LogP) is 2.76.